The van der Waals surface area contributed by atoms with Gasteiger partial charge >= 0.3 is 0 Å². The van der Waals surface area contributed by atoms with Gasteiger partial charge in [0.05, 0.1) is 12.0 Å². The molecule has 1 aliphatic heterocycles. The molecular formula is C14H23N7. The lowest BCUT2D eigenvalue weighted by Crippen LogP contribution is -2.34. The number of nitrogens with two attached hydrogens (primary N) is 1. The molecular weight excluding hydrogens is 266 g/mol. The highest BCUT2D eigenvalue weighted by atomic mass is 15.3. The highest BCUT2D eigenvalue weighted by molar-refractivity contribution is 5.43. The Kier molecular flexibility index (Phi) is 5.14. The van der Waals surface area contributed by atoms with Crippen molar-refractivity contribution in [2.75, 3.05) is 41.7 Å². The summed E-state index contributed by atoms with van der Waals surface area (Å²) in [7, 11) is 0. The van der Waals surface area contributed by atoms with E-state index in [1.807, 2.05) is 18.7 Å². The van der Waals surface area contributed by atoms with Gasteiger partial charge in [-0.05, 0) is 33.1 Å². The van der Waals surface area contributed by atoms with Crippen molar-refractivity contribution in [1.29, 1.82) is 5.26 Å². The van der Waals surface area contributed by atoms with Crippen LogP contribution in [0.4, 0.5) is 17.8 Å². The number of anilines is 3. The van der Waals surface area contributed by atoms with Crippen molar-refractivity contribution < 1.29 is 0 Å². The molecule has 2 rings (SSSR count). The van der Waals surface area contributed by atoms with Crippen molar-refractivity contribution in [3.05, 3.63) is 0 Å². The van der Waals surface area contributed by atoms with E-state index >= 15 is 0 Å². The summed E-state index contributed by atoms with van der Waals surface area (Å²) < 4.78 is 0. The van der Waals surface area contributed by atoms with Crippen LogP contribution in [0.25, 0.3) is 0 Å². The van der Waals surface area contributed by atoms with Crippen molar-refractivity contribution in [3.63, 3.8) is 0 Å². The van der Waals surface area contributed by atoms with Gasteiger partial charge in [-0.15, -0.1) is 0 Å². The van der Waals surface area contributed by atoms with E-state index in [0.717, 1.165) is 32.5 Å². The van der Waals surface area contributed by atoms with E-state index < -0.39 is 0 Å². The van der Waals surface area contributed by atoms with Crippen LogP contribution < -0.4 is 15.5 Å². The molecule has 0 amide bonds. The number of nitriles is 1. The first-order valence-corrected chi connectivity index (χ1v) is 7.55. The van der Waals surface area contributed by atoms with Crippen LogP contribution in [-0.2, 0) is 0 Å². The minimum Gasteiger partial charge on any atom is -0.368 e. The van der Waals surface area contributed by atoms with Crippen LogP contribution in [0.15, 0.2) is 0 Å². The van der Waals surface area contributed by atoms with Gasteiger partial charge in [0.25, 0.3) is 0 Å². The van der Waals surface area contributed by atoms with Crippen LogP contribution in [0.5, 0.6) is 0 Å². The summed E-state index contributed by atoms with van der Waals surface area (Å²) in [6, 6.07) is 2.24. The third-order valence-electron chi connectivity index (χ3n) is 3.65. The van der Waals surface area contributed by atoms with Gasteiger partial charge < -0.3 is 15.5 Å². The maximum Gasteiger partial charge on any atom is 0.231 e. The first-order valence-electron chi connectivity index (χ1n) is 7.55. The molecule has 2 N–H and O–H groups in total. The summed E-state index contributed by atoms with van der Waals surface area (Å²) in [6.07, 6.45) is 3.57. The van der Waals surface area contributed by atoms with Gasteiger partial charge in [-0.1, -0.05) is 0 Å². The van der Waals surface area contributed by atoms with Gasteiger partial charge in [0, 0.05) is 26.2 Å². The Labute approximate surface area is 125 Å². The number of nitrogen functional groups attached to an aromatic ring is 1. The quantitative estimate of drug-likeness (QED) is 0.876. The van der Waals surface area contributed by atoms with Gasteiger partial charge in [-0.25, -0.2) is 0 Å². The van der Waals surface area contributed by atoms with Crippen LogP contribution in [0.1, 0.15) is 33.1 Å². The van der Waals surface area contributed by atoms with E-state index in [1.165, 1.54) is 6.42 Å². The van der Waals surface area contributed by atoms with Crippen LogP contribution in [0, 0.1) is 17.2 Å². The number of hydrogen-bond acceptors (Lipinski definition) is 7. The number of nitrogens with zero attached hydrogens (tertiary/aromatic N) is 6. The Balaban J connectivity index is 2.22. The van der Waals surface area contributed by atoms with E-state index in [0.29, 0.717) is 18.4 Å². The standard InChI is InChI=1S/C14H23N7/c1-3-20(10-11(2)9-15)13-17-12(16)18-14(19-13)21-7-5-4-6-8-21/h11H,3-8,10H2,1-2H3,(H2,16,17,18,19). The first kappa shape index (κ1) is 15.3. The van der Waals surface area contributed by atoms with Gasteiger partial charge in [0.2, 0.25) is 17.8 Å². The second-order valence-electron chi connectivity index (χ2n) is 5.41. The fraction of sp³-hybridized carbons (Fsp3) is 0.714. The van der Waals surface area contributed by atoms with Gasteiger partial charge in [-0.2, -0.15) is 20.2 Å². The van der Waals surface area contributed by atoms with Crippen LogP contribution in [-0.4, -0.2) is 41.1 Å². The maximum atomic E-state index is 8.98. The van der Waals surface area contributed by atoms with Gasteiger partial charge in [0.15, 0.2) is 0 Å². The lowest BCUT2D eigenvalue weighted by atomic mass is 10.1. The molecule has 0 radical (unpaired) electrons. The normalized spacial score (nSPS) is 16.3. The number of hydrogen-bond donors (Lipinski definition) is 1. The van der Waals surface area contributed by atoms with Crippen LogP contribution in [0.3, 0.4) is 0 Å². The molecule has 7 heteroatoms. The Morgan fingerprint density at radius 2 is 2.00 bits per heavy atom. The predicted molar refractivity (Wildman–Crippen MR) is 83.0 cm³/mol. The molecule has 0 spiro atoms. The zero-order valence-electron chi connectivity index (χ0n) is 12.8. The summed E-state index contributed by atoms with van der Waals surface area (Å²) in [4.78, 5) is 17.2. The number of rotatable bonds is 5. The zero-order valence-corrected chi connectivity index (χ0v) is 12.8. The molecule has 0 saturated carbocycles. The minimum atomic E-state index is -0.0821. The summed E-state index contributed by atoms with van der Waals surface area (Å²) in [5, 5.41) is 8.98. The highest BCUT2D eigenvalue weighted by Gasteiger charge is 2.18. The maximum absolute atomic E-state index is 8.98. The molecule has 1 unspecified atom stereocenters. The third-order valence-corrected chi connectivity index (χ3v) is 3.65. The van der Waals surface area contributed by atoms with E-state index in [9.17, 15) is 0 Å². The van der Waals surface area contributed by atoms with E-state index in [1.54, 1.807) is 0 Å². The highest BCUT2D eigenvalue weighted by Crippen LogP contribution is 2.19. The molecule has 1 fully saturated rings. The average Bonchev–Trinajstić information content (AvgIpc) is 2.52. The summed E-state index contributed by atoms with van der Waals surface area (Å²) in [5.41, 5.74) is 5.84. The van der Waals surface area contributed by atoms with Crippen LogP contribution >= 0.6 is 0 Å². The van der Waals surface area contributed by atoms with Crippen molar-refractivity contribution in [2.24, 2.45) is 5.92 Å². The van der Waals surface area contributed by atoms with Crippen molar-refractivity contribution in [2.45, 2.75) is 33.1 Å². The Bertz CT molecular complexity index is 505. The second-order valence-corrected chi connectivity index (χ2v) is 5.41. The molecule has 7 nitrogen and oxygen atoms in total. The molecule has 2 heterocycles. The van der Waals surface area contributed by atoms with Crippen molar-refractivity contribution in [3.8, 4) is 6.07 Å². The molecule has 1 aromatic heterocycles. The zero-order chi connectivity index (χ0) is 15.2. The lowest BCUT2D eigenvalue weighted by Gasteiger charge is -2.28. The molecule has 0 aliphatic carbocycles. The molecule has 1 saturated heterocycles. The number of piperidine rings is 1. The largest absolute Gasteiger partial charge is 0.368 e. The Morgan fingerprint density at radius 1 is 1.29 bits per heavy atom. The SMILES string of the molecule is CCN(CC(C)C#N)c1nc(N)nc(N2CCCCC2)n1. The monoisotopic (exact) mass is 289 g/mol. The van der Waals surface area contributed by atoms with Crippen molar-refractivity contribution in [1.82, 2.24) is 15.0 Å². The topological polar surface area (TPSA) is 95.0 Å². The molecule has 0 bridgehead atoms. The first-order chi connectivity index (χ1) is 10.1. The molecule has 1 aliphatic rings. The predicted octanol–water partition coefficient (Wildman–Crippen LogP) is 1.43. The van der Waals surface area contributed by atoms with E-state index in [2.05, 4.69) is 25.9 Å². The molecule has 114 valence electrons. The third kappa shape index (κ3) is 3.94. The van der Waals surface area contributed by atoms with E-state index in [-0.39, 0.29) is 11.9 Å². The molecule has 1 atom stereocenters. The number of aromatic nitrogens is 3. The van der Waals surface area contributed by atoms with Crippen LogP contribution in [0.2, 0.25) is 0 Å². The fourth-order valence-electron chi connectivity index (χ4n) is 2.47. The van der Waals surface area contributed by atoms with Gasteiger partial charge in [0.1, 0.15) is 0 Å². The van der Waals surface area contributed by atoms with Crippen molar-refractivity contribution >= 4 is 17.8 Å². The molecule has 1 aromatic rings. The average molecular weight is 289 g/mol. The minimum absolute atomic E-state index is 0.0821. The summed E-state index contributed by atoms with van der Waals surface area (Å²) in [6.45, 7) is 7.15. The lowest BCUT2D eigenvalue weighted by molar-refractivity contribution is 0.566. The molecule has 0 aromatic carbocycles. The molecule has 21 heavy (non-hydrogen) atoms. The summed E-state index contributed by atoms with van der Waals surface area (Å²) in [5.74, 6) is 1.37. The van der Waals surface area contributed by atoms with E-state index in [4.69, 9.17) is 11.0 Å². The Hall–Kier alpha value is -2.10. The summed E-state index contributed by atoms with van der Waals surface area (Å²) >= 11 is 0. The Morgan fingerprint density at radius 3 is 2.62 bits per heavy atom. The fourth-order valence-corrected chi connectivity index (χ4v) is 2.47. The smallest absolute Gasteiger partial charge is 0.231 e. The second kappa shape index (κ2) is 7.07. The van der Waals surface area contributed by atoms with Gasteiger partial charge in [-0.3, -0.25) is 0 Å².